The lowest BCUT2D eigenvalue weighted by molar-refractivity contribution is 0.264. The van der Waals surface area contributed by atoms with E-state index in [1.807, 2.05) is 0 Å². The van der Waals surface area contributed by atoms with Gasteiger partial charge in [-0.15, -0.1) is 0 Å². The number of hydrogen-bond donors (Lipinski definition) is 2. The Labute approximate surface area is 88.3 Å². The van der Waals surface area contributed by atoms with Crippen molar-refractivity contribution in [3.05, 3.63) is 0 Å². The van der Waals surface area contributed by atoms with Crippen LogP contribution in [-0.2, 0) is 0 Å². The molecule has 0 fully saturated rings. The molecule has 0 bridgehead atoms. The van der Waals surface area contributed by atoms with Crippen molar-refractivity contribution in [1.82, 2.24) is 4.90 Å². The molecule has 0 saturated carbocycles. The molecule has 14 heavy (non-hydrogen) atoms. The molecule has 0 aliphatic rings. The van der Waals surface area contributed by atoms with E-state index in [1.54, 1.807) is 0 Å². The molecule has 0 saturated heterocycles. The van der Waals surface area contributed by atoms with Gasteiger partial charge in [0.25, 0.3) is 0 Å². The summed E-state index contributed by atoms with van der Waals surface area (Å²) in [6, 6.07) is 0. The largest absolute Gasteiger partial charge is 0.396 e. The number of aliphatic hydroxyl groups excluding tert-OH is 1. The first-order chi connectivity index (χ1) is 6.85. The number of rotatable bonds is 10. The lowest BCUT2D eigenvalue weighted by atomic mass is 10.2. The van der Waals surface area contributed by atoms with E-state index in [0.717, 1.165) is 39.0 Å². The smallest absolute Gasteiger partial charge is 0.0431 e. The molecular formula is C11H26N2O. The van der Waals surface area contributed by atoms with Crippen molar-refractivity contribution in [2.45, 2.75) is 39.0 Å². The zero-order valence-corrected chi connectivity index (χ0v) is 9.54. The van der Waals surface area contributed by atoms with Gasteiger partial charge in [-0.1, -0.05) is 19.8 Å². The zero-order chi connectivity index (χ0) is 10.6. The summed E-state index contributed by atoms with van der Waals surface area (Å²) in [5.74, 6) is 0. The fraction of sp³-hybridized carbons (Fsp3) is 1.00. The summed E-state index contributed by atoms with van der Waals surface area (Å²) in [6.07, 6.45) is 5.77. The van der Waals surface area contributed by atoms with Crippen LogP contribution < -0.4 is 5.73 Å². The molecular weight excluding hydrogens is 176 g/mol. The van der Waals surface area contributed by atoms with Crippen molar-refractivity contribution in [1.29, 1.82) is 0 Å². The van der Waals surface area contributed by atoms with E-state index in [9.17, 15) is 0 Å². The van der Waals surface area contributed by atoms with Gasteiger partial charge in [0.1, 0.15) is 0 Å². The van der Waals surface area contributed by atoms with E-state index < -0.39 is 0 Å². The summed E-state index contributed by atoms with van der Waals surface area (Å²) in [7, 11) is 0. The van der Waals surface area contributed by atoms with Gasteiger partial charge in [0, 0.05) is 19.7 Å². The van der Waals surface area contributed by atoms with Gasteiger partial charge >= 0.3 is 0 Å². The quantitative estimate of drug-likeness (QED) is 0.524. The minimum atomic E-state index is 0.335. The highest BCUT2D eigenvalue weighted by Crippen LogP contribution is 2.01. The van der Waals surface area contributed by atoms with Crippen molar-refractivity contribution in [2.24, 2.45) is 5.73 Å². The van der Waals surface area contributed by atoms with Crippen LogP contribution in [0.3, 0.4) is 0 Å². The van der Waals surface area contributed by atoms with Gasteiger partial charge < -0.3 is 15.7 Å². The molecule has 86 valence electrons. The van der Waals surface area contributed by atoms with Gasteiger partial charge in [0.15, 0.2) is 0 Å². The van der Waals surface area contributed by atoms with Gasteiger partial charge in [0.2, 0.25) is 0 Å². The fourth-order valence-electron chi connectivity index (χ4n) is 1.63. The number of nitrogens with two attached hydrogens (primary N) is 1. The third kappa shape index (κ3) is 8.48. The average molecular weight is 202 g/mol. The van der Waals surface area contributed by atoms with Crippen LogP contribution in [0, 0.1) is 0 Å². The molecule has 0 radical (unpaired) electrons. The van der Waals surface area contributed by atoms with Crippen LogP contribution in [0.1, 0.15) is 39.0 Å². The molecule has 0 aromatic carbocycles. The first-order valence-electron chi connectivity index (χ1n) is 5.88. The lowest BCUT2D eigenvalue weighted by Crippen LogP contribution is -2.31. The normalized spacial score (nSPS) is 11.1. The molecule has 3 nitrogen and oxygen atoms in total. The van der Waals surface area contributed by atoms with Crippen LogP contribution in [0.25, 0.3) is 0 Å². The first kappa shape index (κ1) is 13.9. The molecule has 0 aromatic rings. The summed E-state index contributed by atoms with van der Waals surface area (Å²) in [5.41, 5.74) is 5.54. The minimum Gasteiger partial charge on any atom is -0.396 e. The van der Waals surface area contributed by atoms with E-state index >= 15 is 0 Å². The summed E-state index contributed by atoms with van der Waals surface area (Å²) >= 11 is 0. The number of aliphatic hydroxyl groups is 1. The second-order valence-corrected chi connectivity index (χ2v) is 3.77. The number of hydrogen-bond acceptors (Lipinski definition) is 3. The van der Waals surface area contributed by atoms with Crippen LogP contribution in [0.15, 0.2) is 0 Å². The van der Waals surface area contributed by atoms with Gasteiger partial charge in [0.05, 0.1) is 0 Å². The highest BCUT2D eigenvalue weighted by molar-refractivity contribution is 4.57. The fourth-order valence-corrected chi connectivity index (χ4v) is 1.63. The van der Waals surface area contributed by atoms with E-state index in [0.29, 0.717) is 6.61 Å². The number of nitrogens with zero attached hydrogens (tertiary/aromatic N) is 1. The minimum absolute atomic E-state index is 0.335. The van der Waals surface area contributed by atoms with E-state index in [1.165, 1.54) is 19.3 Å². The predicted molar refractivity (Wildman–Crippen MR) is 61.3 cm³/mol. The van der Waals surface area contributed by atoms with Crippen molar-refractivity contribution in [2.75, 3.05) is 32.8 Å². The highest BCUT2D eigenvalue weighted by Gasteiger charge is 2.01. The lowest BCUT2D eigenvalue weighted by Gasteiger charge is -2.20. The van der Waals surface area contributed by atoms with E-state index in [-0.39, 0.29) is 0 Å². The second kappa shape index (κ2) is 11.0. The van der Waals surface area contributed by atoms with Crippen molar-refractivity contribution >= 4 is 0 Å². The monoisotopic (exact) mass is 202 g/mol. The third-order valence-electron chi connectivity index (χ3n) is 2.37. The molecule has 0 atom stereocenters. The molecule has 3 heteroatoms. The van der Waals surface area contributed by atoms with E-state index in [4.69, 9.17) is 10.8 Å². The molecule has 0 amide bonds. The van der Waals surface area contributed by atoms with Crippen LogP contribution in [0.4, 0.5) is 0 Å². The third-order valence-corrected chi connectivity index (χ3v) is 2.37. The molecule has 0 spiro atoms. The van der Waals surface area contributed by atoms with Crippen LogP contribution in [0.2, 0.25) is 0 Å². The summed E-state index contributed by atoms with van der Waals surface area (Å²) in [5, 5.41) is 8.62. The van der Waals surface area contributed by atoms with Gasteiger partial charge in [-0.2, -0.15) is 0 Å². The Morgan fingerprint density at radius 2 is 1.71 bits per heavy atom. The Bertz CT molecular complexity index is 103. The van der Waals surface area contributed by atoms with E-state index in [2.05, 4.69) is 11.8 Å². The number of unbranched alkanes of at least 4 members (excludes halogenated alkanes) is 3. The molecule has 0 aliphatic heterocycles. The molecule has 0 heterocycles. The second-order valence-electron chi connectivity index (χ2n) is 3.77. The summed E-state index contributed by atoms with van der Waals surface area (Å²) < 4.78 is 0. The maximum atomic E-state index is 8.62. The topological polar surface area (TPSA) is 49.5 Å². The van der Waals surface area contributed by atoms with Crippen LogP contribution in [0.5, 0.6) is 0 Å². The Hall–Kier alpha value is -0.120. The standard InChI is InChI=1S/C11H26N2O/c1-2-8-13(10-7-12)9-5-3-4-6-11-14/h14H,2-12H2,1H3. The van der Waals surface area contributed by atoms with Gasteiger partial charge in [-0.25, -0.2) is 0 Å². The Morgan fingerprint density at radius 3 is 2.29 bits per heavy atom. The van der Waals surface area contributed by atoms with Crippen molar-refractivity contribution in [3.8, 4) is 0 Å². The Balaban J connectivity index is 3.30. The Kier molecular flexibility index (Phi) is 10.9. The molecule has 0 aromatic heterocycles. The van der Waals surface area contributed by atoms with Crippen LogP contribution >= 0.6 is 0 Å². The Morgan fingerprint density at radius 1 is 1.00 bits per heavy atom. The summed E-state index contributed by atoms with van der Waals surface area (Å²) in [4.78, 5) is 2.43. The van der Waals surface area contributed by atoms with Crippen LogP contribution in [-0.4, -0.2) is 42.8 Å². The maximum absolute atomic E-state index is 8.62. The van der Waals surface area contributed by atoms with Crippen molar-refractivity contribution in [3.63, 3.8) is 0 Å². The SMILES string of the molecule is CCCN(CCN)CCCCCCO. The maximum Gasteiger partial charge on any atom is 0.0431 e. The molecule has 0 aliphatic carbocycles. The van der Waals surface area contributed by atoms with Gasteiger partial charge in [-0.3, -0.25) is 0 Å². The molecule has 0 rings (SSSR count). The molecule has 0 unspecified atom stereocenters. The zero-order valence-electron chi connectivity index (χ0n) is 9.54. The average Bonchev–Trinajstić information content (AvgIpc) is 2.18. The highest BCUT2D eigenvalue weighted by atomic mass is 16.2. The van der Waals surface area contributed by atoms with Crippen molar-refractivity contribution < 1.29 is 5.11 Å². The predicted octanol–water partition coefficient (Wildman–Crippen LogP) is 1.21. The summed E-state index contributed by atoms with van der Waals surface area (Å²) in [6.45, 7) is 6.65. The molecule has 3 N–H and O–H groups in total. The van der Waals surface area contributed by atoms with Gasteiger partial charge in [-0.05, 0) is 32.4 Å². The first-order valence-corrected chi connectivity index (χ1v) is 5.88.